The first-order chi connectivity index (χ1) is 27.7. The highest BCUT2D eigenvalue weighted by atomic mass is 14.2. The molecule has 0 heteroatoms. The Balaban J connectivity index is 1.74. The lowest BCUT2D eigenvalue weighted by Gasteiger charge is -2.16. The van der Waals surface area contributed by atoms with Gasteiger partial charge in [-0.3, -0.25) is 0 Å². The molecular weight excluding hydrogens is 673 g/mol. The van der Waals surface area contributed by atoms with Crippen LogP contribution in [0.15, 0.2) is 36.4 Å². The van der Waals surface area contributed by atoms with E-state index in [0.29, 0.717) is 0 Å². The molecule has 0 amide bonds. The maximum absolute atomic E-state index is 3.66. The summed E-state index contributed by atoms with van der Waals surface area (Å²) < 4.78 is 0. The summed E-state index contributed by atoms with van der Waals surface area (Å²) in [5, 5.41) is 7.51. The molecule has 0 unspecified atom stereocenters. The van der Waals surface area contributed by atoms with Crippen LogP contribution in [0.25, 0.3) is 32.3 Å². The van der Waals surface area contributed by atoms with Gasteiger partial charge in [-0.1, -0.05) is 228 Å². The van der Waals surface area contributed by atoms with E-state index in [4.69, 9.17) is 0 Å². The number of benzene rings is 4. The zero-order chi connectivity index (χ0) is 39.5. The molecule has 4 aromatic rings. The van der Waals surface area contributed by atoms with Gasteiger partial charge in [0.2, 0.25) is 0 Å². The van der Waals surface area contributed by atoms with Gasteiger partial charge in [-0.2, -0.15) is 0 Å². The molecule has 0 fully saturated rings. The molecule has 0 heterocycles. The second kappa shape index (κ2) is 27.7. The zero-order valence-electron chi connectivity index (χ0n) is 36.3. The van der Waals surface area contributed by atoms with Crippen molar-refractivity contribution in [3.8, 4) is 47.4 Å². The lowest BCUT2D eigenvalue weighted by molar-refractivity contribution is 0.614. The summed E-state index contributed by atoms with van der Waals surface area (Å²) in [4.78, 5) is 0. The van der Waals surface area contributed by atoms with Crippen molar-refractivity contribution in [1.29, 1.82) is 0 Å². The van der Waals surface area contributed by atoms with Gasteiger partial charge in [0.05, 0.1) is 0 Å². The highest BCUT2D eigenvalue weighted by Crippen LogP contribution is 2.40. The standard InChI is InChI=1S/C56H74/c1-5-9-13-17-21-25-29-33-37-47-45-48(38-34-30-26-22-18-14-10-6-2)52-43-44-54-50(40-36-32-28-24-20-16-12-8-4)46-49(39-35-31-27-23-19-15-11-7-3)53-42-41-51(47)55(52)56(53)54/h41-46H,5-32H2,1-4H3. The van der Waals surface area contributed by atoms with Crippen molar-refractivity contribution in [3.63, 3.8) is 0 Å². The van der Waals surface area contributed by atoms with Gasteiger partial charge in [-0.25, -0.2) is 0 Å². The minimum Gasteiger partial charge on any atom is -0.0979 e. The van der Waals surface area contributed by atoms with E-state index in [0.717, 1.165) is 47.9 Å². The Hall–Kier alpha value is -3.84. The highest BCUT2D eigenvalue weighted by molar-refractivity contribution is 6.26. The van der Waals surface area contributed by atoms with Gasteiger partial charge < -0.3 is 0 Å². The van der Waals surface area contributed by atoms with Crippen molar-refractivity contribution in [1.82, 2.24) is 0 Å². The minimum atomic E-state index is 0.948. The molecule has 0 aliphatic carbocycles. The fourth-order valence-electron chi connectivity index (χ4n) is 8.01. The predicted molar refractivity (Wildman–Crippen MR) is 250 cm³/mol. The molecule has 0 aromatic heterocycles. The smallest absolute Gasteiger partial charge is 0.0336 e. The van der Waals surface area contributed by atoms with Crippen LogP contribution in [0.4, 0.5) is 0 Å². The minimum absolute atomic E-state index is 0.948. The largest absolute Gasteiger partial charge is 0.0979 e. The number of unbranched alkanes of at least 4 members (excludes halogenated alkanes) is 24. The normalized spacial score (nSPS) is 10.9. The molecule has 0 nitrogen and oxygen atoms in total. The number of hydrogen-bond acceptors (Lipinski definition) is 0. The van der Waals surface area contributed by atoms with Crippen LogP contribution in [0.5, 0.6) is 0 Å². The first-order valence-corrected chi connectivity index (χ1v) is 23.5. The van der Waals surface area contributed by atoms with E-state index >= 15 is 0 Å². The molecule has 0 aliphatic heterocycles. The molecule has 56 heavy (non-hydrogen) atoms. The summed E-state index contributed by atoms with van der Waals surface area (Å²) in [6, 6.07) is 13.8. The van der Waals surface area contributed by atoms with Crippen molar-refractivity contribution >= 4 is 32.3 Å². The summed E-state index contributed by atoms with van der Waals surface area (Å²) in [6.07, 6.45) is 34.8. The Morgan fingerprint density at radius 1 is 0.286 bits per heavy atom. The van der Waals surface area contributed by atoms with Crippen LogP contribution in [0.2, 0.25) is 0 Å². The molecule has 0 saturated heterocycles. The zero-order valence-corrected chi connectivity index (χ0v) is 36.3. The first kappa shape index (κ1) is 44.9. The van der Waals surface area contributed by atoms with E-state index in [9.17, 15) is 0 Å². The van der Waals surface area contributed by atoms with Crippen molar-refractivity contribution < 1.29 is 0 Å². The lowest BCUT2D eigenvalue weighted by Crippen LogP contribution is -1.94. The molecule has 0 N–H and O–H groups in total. The molecule has 0 saturated carbocycles. The average Bonchev–Trinajstić information content (AvgIpc) is 3.22. The Morgan fingerprint density at radius 3 is 0.732 bits per heavy atom. The lowest BCUT2D eigenvalue weighted by atomic mass is 9.86. The van der Waals surface area contributed by atoms with Crippen LogP contribution in [0.1, 0.15) is 230 Å². The van der Waals surface area contributed by atoms with Crippen molar-refractivity contribution in [2.24, 2.45) is 0 Å². The van der Waals surface area contributed by atoms with Gasteiger partial charge in [0.15, 0.2) is 0 Å². The van der Waals surface area contributed by atoms with Crippen LogP contribution >= 0.6 is 0 Å². The van der Waals surface area contributed by atoms with Crippen LogP contribution in [-0.2, 0) is 0 Å². The summed E-state index contributed by atoms with van der Waals surface area (Å²) in [5.41, 5.74) is 4.43. The second-order valence-electron chi connectivity index (χ2n) is 16.3. The van der Waals surface area contributed by atoms with Crippen LogP contribution in [0.3, 0.4) is 0 Å². The van der Waals surface area contributed by atoms with Gasteiger partial charge in [-0.05, 0) is 70.1 Å². The third kappa shape index (κ3) is 14.9. The summed E-state index contributed by atoms with van der Waals surface area (Å²) in [6.45, 7) is 9.14. The second-order valence-corrected chi connectivity index (χ2v) is 16.3. The first-order valence-electron chi connectivity index (χ1n) is 23.5. The fraction of sp³-hybridized carbons (Fsp3) is 0.571. The van der Waals surface area contributed by atoms with E-state index in [1.807, 2.05) is 0 Å². The molecule has 298 valence electrons. The van der Waals surface area contributed by atoms with Gasteiger partial charge in [0.25, 0.3) is 0 Å². The molecule has 0 atom stereocenters. The summed E-state index contributed by atoms with van der Waals surface area (Å²) in [5.74, 6) is 29.0. The van der Waals surface area contributed by atoms with Crippen LogP contribution < -0.4 is 0 Å². The molecule has 0 spiro atoms. The number of hydrogen-bond donors (Lipinski definition) is 0. The van der Waals surface area contributed by atoms with Gasteiger partial charge >= 0.3 is 0 Å². The fourth-order valence-corrected chi connectivity index (χ4v) is 8.01. The highest BCUT2D eigenvalue weighted by Gasteiger charge is 2.17. The van der Waals surface area contributed by atoms with Crippen molar-refractivity contribution in [2.45, 2.75) is 207 Å². The van der Waals surface area contributed by atoms with E-state index in [1.165, 1.54) is 186 Å². The van der Waals surface area contributed by atoms with Gasteiger partial charge in [-0.15, -0.1) is 0 Å². The SMILES string of the molecule is CCCCCCCCC#Cc1cc(C#CCCCCCCCC)c2ccc3c(C#CCCCCCCCC)cc(C#CCCCCCCCC)c4ccc1c2c43. The molecule has 0 aliphatic rings. The molecular formula is C56H74. The molecule has 0 bridgehead atoms. The van der Waals surface area contributed by atoms with E-state index in [-0.39, 0.29) is 0 Å². The van der Waals surface area contributed by atoms with Gasteiger partial charge in [0.1, 0.15) is 0 Å². The van der Waals surface area contributed by atoms with E-state index < -0.39 is 0 Å². The maximum atomic E-state index is 3.66. The van der Waals surface area contributed by atoms with Crippen molar-refractivity contribution in [3.05, 3.63) is 58.7 Å². The average molecular weight is 747 g/mol. The Labute approximate surface area is 344 Å². The third-order valence-electron chi connectivity index (χ3n) is 11.4. The Morgan fingerprint density at radius 2 is 0.500 bits per heavy atom. The predicted octanol–water partition coefficient (Wildman–Crippen LogP) is 17.0. The summed E-state index contributed by atoms with van der Waals surface area (Å²) in [7, 11) is 0. The van der Waals surface area contributed by atoms with E-state index in [1.54, 1.807) is 0 Å². The molecule has 4 aromatic carbocycles. The van der Waals surface area contributed by atoms with Crippen LogP contribution in [-0.4, -0.2) is 0 Å². The Kier molecular flexibility index (Phi) is 22.2. The third-order valence-corrected chi connectivity index (χ3v) is 11.4. The quantitative estimate of drug-likeness (QED) is 0.0380. The maximum Gasteiger partial charge on any atom is 0.0336 e. The van der Waals surface area contributed by atoms with Crippen molar-refractivity contribution in [2.75, 3.05) is 0 Å². The number of rotatable bonds is 24. The van der Waals surface area contributed by atoms with Crippen LogP contribution in [0, 0.1) is 47.4 Å². The topological polar surface area (TPSA) is 0 Å². The van der Waals surface area contributed by atoms with E-state index in [2.05, 4.69) is 111 Å². The molecule has 0 radical (unpaired) electrons. The molecule has 4 rings (SSSR count). The van der Waals surface area contributed by atoms with Gasteiger partial charge in [0, 0.05) is 47.9 Å². The summed E-state index contributed by atoms with van der Waals surface area (Å²) >= 11 is 0. The Bertz CT molecular complexity index is 1690. The monoisotopic (exact) mass is 747 g/mol.